The third-order valence-electron chi connectivity index (χ3n) is 3.21. The van der Waals surface area contributed by atoms with Gasteiger partial charge in [-0.25, -0.2) is 0 Å². The number of methoxy groups -OCH3 is 2. The summed E-state index contributed by atoms with van der Waals surface area (Å²) >= 11 is 0. The molecule has 0 amide bonds. The van der Waals surface area contributed by atoms with Gasteiger partial charge in [-0.1, -0.05) is 6.92 Å². The van der Waals surface area contributed by atoms with E-state index in [0.29, 0.717) is 6.10 Å². The van der Waals surface area contributed by atoms with Crippen LogP contribution in [-0.4, -0.2) is 38.4 Å². The molecule has 0 radical (unpaired) electrons. The number of rotatable bonds is 4. The molecule has 0 unspecified atom stereocenters. The molecule has 0 aromatic heterocycles. The zero-order chi connectivity index (χ0) is 11.3. The summed E-state index contributed by atoms with van der Waals surface area (Å²) in [5.41, 5.74) is -0.474. The molecule has 88 valence electrons. The van der Waals surface area contributed by atoms with E-state index in [4.69, 9.17) is 9.47 Å². The van der Waals surface area contributed by atoms with Crippen LogP contribution in [0, 0.1) is 0 Å². The smallest absolute Gasteiger partial charge is 0.326 e. The third kappa shape index (κ3) is 2.69. The van der Waals surface area contributed by atoms with Gasteiger partial charge in [-0.05, 0) is 32.2 Å². The molecule has 0 heterocycles. The Labute approximate surface area is 91.3 Å². The quantitative estimate of drug-likeness (QED) is 0.713. The molecule has 0 spiro atoms. The monoisotopic (exact) mass is 215 g/mol. The van der Waals surface area contributed by atoms with Crippen LogP contribution in [0.25, 0.3) is 0 Å². The minimum absolute atomic E-state index is 0.140. The van der Waals surface area contributed by atoms with Crippen LogP contribution in [0.1, 0.15) is 32.6 Å². The number of hydrogen-bond acceptors (Lipinski definition) is 4. The van der Waals surface area contributed by atoms with E-state index in [9.17, 15) is 4.79 Å². The van der Waals surface area contributed by atoms with Crippen molar-refractivity contribution in [2.75, 3.05) is 20.8 Å². The molecule has 0 atom stereocenters. The molecule has 0 aromatic carbocycles. The van der Waals surface area contributed by atoms with Crippen LogP contribution < -0.4 is 5.32 Å². The second kappa shape index (κ2) is 5.47. The summed E-state index contributed by atoms with van der Waals surface area (Å²) in [6.45, 7) is 2.79. The summed E-state index contributed by atoms with van der Waals surface area (Å²) in [4.78, 5) is 11.7. The van der Waals surface area contributed by atoms with Crippen LogP contribution >= 0.6 is 0 Å². The van der Waals surface area contributed by atoms with Gasteiger partial charge in [0.1, 0.15) is 5.54 Å². The second-order valence-corrected chi connectivity index (χ2v) is 4.04. The molecule has 1 aliphatic carbocycles. The van der Waals surface area contributed by atoms with Crippen molar-refractivity contribution in [1.29, 1.82) is 0 Å². The summed E-state index contributed by atoms with van der Waals surface area (Å²) in [5.74, 6) is -0.140. The summed E-state index contributed by atoms with van der Waals surface area (Å²) in [6.07, 6.45) is 3.72. The van der Waals surface area contributed by atoms with E-state index in [2.05, 4.69) is 5.32 Å². The van der Waals surface area contributed by atoms with Gasteiger partial charge in [0.05, 0.1) is 13.2 Å². The lowest BCUT2D eigenvalue weighted by molar-refractivity contribution is -0.151. The van der Waals surface area contributed by atoms with Crippen molar-refractivity contribution in [3.05, 3.63) is 0 Å². The van der Waals surface area contributed by atoms with E-state index in [0.717, 1.165) is 32.2 Å². The predicted molar refractivity (Wildman–Crippen MR) is 57.7 cm³/mol. The van der Waals surface area contributed by atoms with Crippen LogP contribution in [0.3, 0.4) is 0 Å². The molecule has 15 heavy (non-hydrogen) atoms. The Bertz CT molecular complexity index is 210. The maximum Gasteiger partial charge on any atom is 0.326 e. The fraction of sp³-hybridized carbons (Fsp3) is 0.909. The van der Waals surface area contributed by atoms with Gasteiger partial charge in [-0.2, -0.15) is 0 Å². The van der Waals surface area contributed by atoms with Crippen LogP contribution in [0.4, 0.5) is 0 Å². The van der Waals surface area contributed by atoms with Crippen molar-refractivity contribution in [1.82, 2.24) is 5.32 Å². The first-order chi connectivity index (χ1) is 7.18. The average molecular weight is 215 g/mol. The number of esters is 1. The lowest BCUT2D eigenvalue weighted by atomic mass is 9.80. The molecule has 4 nitrogen and oxygen atoms in total. The maximum absolute atomic E-state index is 11.7. The normalized spacial score (nSPS) is 31.3. The van der Waals surface area contributed by atoms with Gasteiger partial charge in [-0.15, -0.1) is 0 Å². The molecule has 0 saturated heterocycles. The van der Waals surface area contributed by atoms with E-state index >= 15 is 0 Å². The lowest BCUT2D eigenvalue weighted by Crippen LogP contribution is -2.55. The van der Waals surface area contributed by atoms with Crippen molar-refractivity contribution in [2.45, 2.75) is 44.2 Å². The first-order valence-corrected chi connectivity index (χ1v) is 5.54. The summed E-state index contributed by atoms with van der Waals surface area (Å²) in [7, 11) is 3.17. The Morgan fingerprint density at radius 2 is 2.00 bits per heavy atom. The van der Waals surface area contributed by atoms with E-state index in [1.807, 2.05) is 6.92 Å². The Morgan fingerprint density at radius 3 is 2.40 bits per heavy atom. The standard InChI is InChI=1S/C11H21NO3/c1-4-12-11(10(13)15-3)7-5-9(14-2)6-8-11/h9,12H,4-8H2,1-3H3. The van der Waals surface area contributed by atoms with E-state index in [1.165, 1.54) is 7.11 Å². The summed E-state index contributed by atoms with van der Waals surface area (Å²) in [6, 6.07) is 0. The van der Waals surface area contributed by atoms with Gasteiger partial charge >= 0.3 is 5.97 Å². The molecule has 1 N–H and O–H groups in total. The first-order valence-electron chi connectivity index (χ1n) is 5.54. The SMILES string of the molecule is CCNC1(C(=O)OC)CCC(OC)CC1. The lowest BCUT2D eigenvalue weighted by Gasteiger charge is -2.37. The maximum atomic E-state index is 11.7. The highest BCUT2D eigenvalue weighted by atomic mass is 16.5. The van der Waals surface area contributed by atoms with E-state index in [1.54, 1.807) is 7.11 Å². The Kier molecular flexibility index (Phi) is 4.54. The first kappa shape index (κ1) is 12.5. The highest BCUT2D eigenvalue weighted by molar-refractivity contribution is 5.80. The van der Waals surface area contributed by atoms with Crippen LogP contribution in [0.15, 0.2) is 0 Å². The number of likely N-dealkylation sites (N-methyl/N-ethyl adjacent to an activating group) is 1. The van der Waals surface area contributed by atoms with Gasteiger partial charge in [0.25, 0.3) is 0 Å². The van der Waals surface area contributed by atoms with Gasteiger partial charge in [0, 0.05) is 7.11 Å². The molecule has 1 fully saturated rings. The van der Waals surface area contributed by atoms with Crippen molar-refractivity contribution in [2.24, 2.45) is 0 Å². The molecule has 0 aliphatic heterocycles. The minimum Gasteiger partial charge on any atom is -0.468 e. The highest BCUT2D eigenvalue weighted by Crippen LogP contribution is 2.30. The Morgan fingerprint density at radius 1 is 1.40 bits per heavy atom. The molecule has 0 bridgehead atoms. The van der Waals surface area contributed by atoms with E-state index < -0.39 is 5.54 Å². The average Bonchev–Trinajstić information content (AvgIpc) is 2.29. The molecule has 1 aliphatic rings. The van der Waals surface area contributed by atoms with Gasteiger partial charge in [0.2, 0.25) is 0 Å². The molecule has 4 heteroatoms. The van der Waals surface area contributed by atoms with Gasteiger partial charge in [0.15, 0.2) is 0 Å². The zero-order valence-corrected chi connectivity index (χ0v) is 9.84. The molecular weight excluding hydrogens is 194 g/mol. The van der Waals surface area contributed by atoms with Crippen LogP contribution in [-0.2, 0) is 14.3 Å². The summed E-state index contributed by atoms with van der Waals surface area (Å²) < 4.78 is 10.2. The summed E-state index contributed by atoms with van der Waals surface area (Å²) in [5, 5.41) is 3.26. The van der Waals surface area contributed by atoms with Crippen LogP contribution in [0.5, 0.6) is 0 Å². The Hall–Kier alpha value is -0.610. The highest BCUT2D eigenvalue weighted by Gasteiger charge is 2.42. The minimum atomic E-state index is -0.474. The molecular formula is C11H21NO3. The number of nitrogens with one attached hydrogen (secondary N) is 1. The zero-order valence-electron chi connectivity index (χ0n) is 9.84. The number of hydrogen-bond donors (Lipinski definition) is 1. The largest absolute Gasteiger partial charge is 0.468 e. The molecule has 0 aromatic rings. The van der Waals surface area contributed by atoms with Crippen molar-refractivity contribution in [3.8, 4) is 0 Å². The molecule has 1 saturated carbocycles. The van der Waals surface area contributed by atoms with Crippen molar-refractivity contribution < 1.29 is 14.3 Å². The van der Waals surface area contributed by atoms with Crippen molar-refractivity contribution >= 4 is 5.97 Å². The molecule has 1 rings (SSSR count). The predicted octanol–water partition coefficient (Wildman–Crippen LogP) is 1.10. The van der Waals surface area contributed by atoms with Crippen molar-refractivity contribution in [3.63, 3.8) is 0 Å². The topological polar surface area (TPSA) is 47.6 Å². The van der Waals surface area contributed by atoms with E-state index in [-0.39, 0.29) is 5.97 Å². The van der Waals surface area contributed by atoms with Gasteiger partial charge in [-0.3, -0.25) is 4.79 Å². The van der Waals surface area contributed by atoms with Gasteiger partial charge < -0.3 is 14.8 Å². The fourth-order valence-corrected chi connectivity index (χ4v) is 2.31. The van der Waals surface area contributed by atoms with Crippen LogP contribution in [0.2, 0.25) is 0 Å². The number of ether oxygens (including phenoxy) is 2. The Balaban J connectivity index is 2.64. The second-order valence-electron chi connectivity index (χ2n) is 4.04. The number of carbonyl (C=O) groups is 1. The third-order valence-corrected chi connectivity index (χ3v) is 3.21. The number of carbonyl (C=O) groups excluding carboxylic acids is 1. The fourth-order valence-electron chi connectivity index (χ4n) is 2.31.